The van der Waals surface area contributed by atoms with Crippen molar-refractivity contribution >= 4 is 23.3 Å². The Hall–Kier alpha value is -3.05. The summed E-state index contributed by atoms with van der Waals surface area (Å²) in [6.45, 7) is 5.28. The first-order valence-corrected chi connectivity index (χ1v) is 15.6. The maximum Gasteiger partial charge on any atom is 0.329 e. The Morgan fingerprint density at radius 2 is 1.95 bits per heavy atom. The summed E-state index contributed by atoms with van der Waals surface area (Å²) in [6, 6.07) is 18.3. The molecule has 1 heterocycles. The van der Waals surface area contributed by atoms with Crippen LogP contribution in [0.2, 0.25) is 5.02 Å². The van der Waals surface area contributed by atoms with Gasteiger partial charge >= 0.3 is 5.97 Å². The molecule has 3 atom stereocenters. The number of nitrogens with zero attached hydrogens (tertiary/aromatic N) is 1. The van der Waals surface area contributed by atoms with Crippen molar-refractivity contribution in [2.75, 3.05) is 11.9 Å². The van der Waals surface area contributed by atoms with Crippen molar-refractivity contribution in [2.24, 2.45) is 11.8 Å². The van der Waals surface area contributed by atoms with E-state index in [1.807, 2.05) is 36.5 Å². The lowest BCUT2D eigenvalue weighted by molar-refractivity contribution is -0.144. The van der Waals surface area contributed by atoms with E-state index in [9.17, 15) is 9.90 Å². The summed E-state index contributed by atoms with van der Waals surface area (Å²) in [7, 11) is 0. The van der Waals surface area contributed by atoms with E-state index in [-0.39, 0.29) is 5.41 Å². The smallest absolute Gasteiger partial charge is 0.329 e. The van der Waals surface area contributed by atoms with Gasteiger partial charge in [0.1, 0.15) is 11.3 Å². The monoisotopic (exact) mass is 572 g/mol. The second kappa shape index (κ2) is 11.3. The van der Waals surface area contributed by atoms with E-state index in [1.54, 1.807) is 0 Å². The topological polar surface area (TPSA) is 71.5 Å². The number of ether oxygens (including phenoxy) is 1. The SMILES string of the molecule is C[C@@H](COc1ccnc2c1[C@H](C)CCC2)CC1Cc2ccccc2C12CCC(Nc1cccc(Cl)c1)(C(=O)O)CC2. The van der Waals surface area contributed by atoms with Crippen LogP contribution in [0.4, 0.5) is 5.69 Å². The number of rotatable bonds is 8. The molecule has 1 fully saturated rings. The number of fused-ring (bicyclic) bond motifs is 3. The Kier molecular flexibility index (Phi) is 7.76. The van der Waals surface area contributed by atoms with Crippen molar-refractivity contribution in [1.29, 1.82) is 0 Å². The Bertz CT molecular complexity index is 1410. The average Bonchev–Trinajstić information content (AvgIpc) is 3.25. The minimum Gasteiger partial charge on any atom is -0.493 e. The molecular formula is C35H41ClN2O3. The highest BCUT2D eigenvalue weighted by Crippen LogP contribution is 2.56. The van der Waals surface area contributed by atoms with Crippen molar-refractivity contribution in [3.8, 4) is 5.75 Å². The molecule has 3 aliphatic rings. The number of aliphatic carboxylic acids is 1. The third-order valence-electron chi connectivity index (χ3n) is 10.2. The van der Waals surface area contributed by atoms with Crippen LogP contribution in [0.3, 0.4) is 0 Å². The number of halogens is 1. The zero-order valence-electron chi connectivity index (χ0n) is 24.2. The fraction of sp³-hybridized carbons (Fsp3) is 0.486. The highest BCUT2D eigenvalue weighted by Gasteiger charge is 2.54. The molecule has 0 amide bonds. The number of pyridine rings is 1. The molecule has 216 valence electrons. The molecule has 6 heteroatoms. The van der Waals surface area contributed by atoms with Gasteiger partial charge in [-0.2, -0.15) is 0 Å². The largest absolute Gasteiger partial charge is 0.493 e. The van der Waals surface area contributed by atoms with Crippen LogP contribution in [0.15, 0.2) is 60.8 Å². The zero-order valence-corrected chi connectivity index (χ0v) is 24.9. The molecule has 1 aromatic heterocycles. The van der Waals surface area contributed by atoms with Gasteiger partial charge in [0.05, 0.1) is 6.61 Å². The van der Waals surface area contributed by atoms with E-state index in [4.69, 9.17) is 16.3 Å². The molecule has 41 heavy (non-hydrogen) atoms. The lowest BCUT2D eigenvalue weighted by Gasteiger charge is -2.47. The second-order valence-corrected chi connectivity index (χ2v) is 13.3. The molecule has 3 aliphatic carbocycles. The second-order valence-electron chi connectivity index (χ2n) is 12.9. The number of carboxylic acids is 1. The molecule has 1 unspecified atom stereocenters. The summed E-state index contributed by atoms with van der Waals surface area (Å²) in [5.74, 6) is 1.55. The summed E-state index contributed by atoms with van der Waals surface area (Å²) in [6.07, 6.45) is 10.3. The lowest BCUT2D eigenvalue weighted by Crippen LogP contribution is -2.53. The van der Waals surface area contributed by atoms with Crippen LogP contribution in [0.5, 0.6) is 5.75 Å². The van der Waals surface area contributed by atoms with E-state index < -0.39 is 11.5 Å². The number of carboxylic acid groups (broad SMARTS) is 1. The number of aromatic nitrogens is 1. The Morgan fingerprint density at radius 1 is 1.15 bits per heavy atom. The van der Waals surface area contributed by atoms with Gasteiger partial charge in [0, 0.05) is 28.2 Å². The Balaban J connectivity index is 1.19. The Morgan fingerprint density at radius 3 is 2.73 bits per heavy atom. The van der Waals surface area contributed by atoms with Gasteiger partial charge in [-0.1, -0.05) is 55.8 Å². The number of aryl methyl sites for hydroxylation is 1. The molecule has 2 N–H and O–H groups in total. The number of hydrogen-bond acceptors (Lipinski definition) is 4. The van der Waals surface area contributed by atoms with Gasteiger partial charge in [0.25, 0.3) is 0 Å². The zero-order chi connectivity index (χ0) is 28.6. The first-order valence-electron chi connectivity index (χ1n) is 15.3. The van der Waals surface area contributed by atoms with Gasteiger partial charge in [-0.15, -0.1) is 0 Å². The molecule has 0 radical (unpaired) electrons. The lowest BCUT2D eigenvalue weighted by atomic mass is 9.59. The van der Waals surface area contributed by atoms with E-state index in [2.05, 4.69) is 48.4 Å². The number of hydrogen-bond donors (Lipinski definition) is 2. The fourth-order valence-corrected chi connectivity index (χ4v) is 8.25. The Labute approximate surface area is 248 Å². The van der Waals surface area contributed by atoms with Crippen LogP contribution in [-0.2, 0) is 23.1 Å². The van der Waals surface area contributed by atoms with Crippen LogP contribution < -0.4 is 10.1 Å². The molecule has 3 aromatic rings. The number of carbonyl (C=O) groups is 1. The summed E-state index contributed by atoms with van der Waals surface area (Å²) in [5, 5.41) is 14.4. The summed E-state index contributed by atoms with van der Waals surface area (Å²) < 4.78 is 6.50. The van der Waals surface area contributed by atoms with Crippen molar-refractivity contribution in [3.63, 3.8) is 0 Å². The van der Waals surface area contributed by atoms with Gasteiger partial charge in [-0.3, -0.25) is 4.98 Å². The molecular weight excluding hydrogens is 532 g/mol. The van der Waals surface area contributed by atoms with Crippen molar-refractivity contribution in [1.82, 2.24) is 4.98 Å². The minimum atomic E-state index is -0.996. The normalized spacial score (nSPS) is 27.6. The third kappa shape index (κ3) is 5.34. The molecule has 5 nitrogen and oxygen atoms in total. The number of anilines is 1. The molecule has 0 aliphatic heterocycles. The molecule has 2 aromatic carbocycles. The standard InChI is InChI=1S/C35H41ClN2O3/c1-23(22-41-31-13-18-37-30-12-5-7-24(2)32(30)31)19-26-20-25-8-3-4-11-29(25)34(26)14-16-35(17-15-34,33(39)40)38-28-10-6-9-27(36)21-28/h3-4,6,8-11,13,18,21,23-24,26,38H,5,7,12,14-17,19-20,22H2,1-2H3,(H,39,40)/t23-,24-,26?,34?,35?/m1/s1. The summed E-state index contributed by atoms with van der Waals surface area (Å²) >= 11 is 6.22. The van der Waals surface area contributed by atoms with Gasteiger partial charge in [-0.25, -0.2) is 4.79 Å². The van der Waals surface area contributed by atoms with Gasteiger partial charge in [-0.05, 0) is 116 Å². The van der Waals surface area contributed by atoms with Crippen LogP contribution in [0.1, 0.15) is 87.1 Å². The summed E-state index contributed by atoms with van der Waals surface area (Å²) in [5.41, 5.74) is 5.12. The van der Waals surface area contributed by atoms with Crippen molar-refractivity contribution in [2.45, 2.75) is 88.5 Å². The maximum absolute atomic E-state index is 12.7. The maximum atomic E-state index is 12.7. The van der Waals surface area contributed by atoms with E-state index in [1.165, 1.54) is 35.2 Å². The van der Waals surface area contributed by atoms with Gasteiger partial charge < -0.3 is 15.2 Å². The van der Waals surface area contributed by atoms with Gasteiger partial charge in [0.2, 0.25) is 0 Å². The molecule has 1 saturated carbocycles. The first-order chi connectivity index (χ1) is 19.8. The number of nitrogens with one attached hydrogen (secondary N) is 1. The predicted octanol–water partition coefficient (Wildman–Crippen LogP) is 8.20. The summed E-state index contributed by atoms with van der Waals surface area (Å²) in [4.78, 5) is 17.3. The quantitative estimate of drug-likeness (QED) is 0.285. The fourth-order valence-electron chi connectivity index (χ4n) is 8.06. The van der Waals surface area contributed by atoms with Crippen molar-refractivity contribution < 1.29 is 14.6 Å². The number of benzene rings is 2. The average molecular weight is 573 g/mol. The van der Waals surface area contributed by atoms with Gasteiger partial charge in [0.15, 0.2) is 0 Å². The van der Waals surface area contributed by atoms with Crippen LogP contribution in [-0.4, -0.2) is 28.2 Å². The minimum absolute atomic E-state index is 0.00976. The van der Waals surface area contributed by atoms with Crippen molar-refractivity contribution in [3.05, 3.63) is 88.2 Å². The van der Waals surface area contributed by atoms with E-state index in [0.717, 1.165) is 43.5 Å². The molecule has 0 bridgehead atoms. The molecule has 0 saturated heterocycles. The first kappa shape index (κ1) is 28.1. The molecule has 1 spiro atoms. The van der Waals surface area contributed by atoms with Crippen LogP contribution in [0.25, 0.3) is 0 Å². The van der Waals surface area contributed by atoms with E-state index >= 15 is 0 Å². The van der Waals surface area contributed by atoms with Crippen LogP contribution >= 0.6 is 11.6 Å². The van der Waals surface area contributed by atoms with E-state index in [0.29, 0.717) is 42.2 Å². The van der Waals surface area contributed by atoms with Crippen LogP contribution in [0, 0.1) is 11.8 Å². The highest BCUT2D eigenvalue weighted by molar-refractivity contribution is 6.30. The molecule has 6 rings (SSSR count). The third-order valence-corrected chi connectivity index (χ3v) is 10.4. The highest BCUT2D eigenvalue weighted by atomic mass is 35.5. The predicted molar refractivity (Wildman–Crippen MR) is 164 cm³/mol.